The number of likely N-dealkylation sites (tertiary alicyclic amines) is 1. The normalized spacial score (nSPS) is 21.4. The first-order valence-electron chi connectivity index (χ1n) is 7.66. The Morgan fingerprint density at radius 2 is 1.78 bits per heavy atom. The summed E-state index contributed by atoms with van der Waals surface area (Å²) in [6.45, 7) is 5.34. The largest absolute Gasteiger partial charge is 0.399 e. The van der Waals surface area contributed by atoms with Crippen LogP contribution in [0.5, 0.6) is 0 Å². The lowest BCUT2D eigenvalue weighted by Gasteiger charge is -2.32. The van der Waals surface area contributed by atoms with Crippen molar-refractivity contribution in [2.75, 3.05) is 45.1 Å². The van der Waals surface area contributed by atoms with E-state index in [-0.39, 0.29) is 30.7 Å². The van der Waals surface area contributed by atoms with Crippen molar-refractivity contribution in [1.82, 2.24) is 9.80 Å². The maximum absolute atomic E-state index is 12.4. The maximum atomic E-state index is 12.4. The first kappa shape index (κ1) is 20.0. The van der Waals surface area contributed by atoms with Crippen molar-refractivity contribution in [2.45, 2.75) is 18.9 Å². The number of carbonyl (C=O) groups is 1. The van der Waals surface area contributed by atoms with Crippen LogP contribution >= 0.6 is 24.8 Å². The third kappa shape index (κ3) is 5.24. The number of carbonyl (C=O) groups excluding carboxylic acids is 1. The van der Waals surface area contributed by atoms with E-state index in [0.717, 1.165) is 57.1 Å². The third-order valence-electron chi connectivity index (χ3n) is 4.41. The molecule has 130 valence electrons. The molecule has 1 aromatic carbocycles. The van der Waals surface area contributed by atoms with Crippen LogP contribution in [-0.2, 0) is 16.0 Å². The van der Waals surface area contributed by atoms with Gasteiger partial charge in [-0.25, -0.2) is 0 Å². The predicted octanol–water partition coefficient (Wildman–Crippen LogP) is 1.59. The number of benzene rings is 1. The molecule has 2 saturated heterocycles. The molecule has 1 unspecified atom stereocenters. The number of ether oxygens (including phenoxy) is 1. The number of rotatable bonds is 3. The molecule has 0 spiro atoms. The van der Waals surface area contributed by atoms with Gasteiger partial charge in [0.05, 0.1) is 19.6 Å². The zero-order valence-corrected chi connectivity index (χ0v) is 14.8. The molecule has 2 N–H and O–H groups in total. The molecule has 5 nitrogen and oxygen atoms in total. The number of morpholine rings is 1. The van der Waals surface area contributed by atoms with Crippen molar-refractivity contribution in [1.29, 1.82) is 0 Å². The number of anilines is 1. The zero-order chi connectivity index (χ0) is 14.7. The number of amides is 1. The van der Waals surface area contributed by atoms with Gasteiger partial charge in [-0.05, 0) is 24.1 Å². The fraction of sp³-hybridized carbons (Fsp3) is 0.562. The van der Waals surface area contributed by atoms with E-state index in [0.29, 0.717) is 12.5 Å². The van der Waals surface area contributed by atoms with Crippen molar-refractivity contribution in [3.05, 3.63) is 29.8 Å². The molecule has 3 rings (SSSR count). The van der Waals surface area contributed by atoms with Gasteiger partial charge >= 0.3 is 0 Å². The first-order valence-corrected chi connectivity index (χ1v) is 7.66. The minimum absolute atomic E-state index is 0. The third-order valence-corrected chi connectivity index (χ3v) is 4.41. The summed E-state index contributed by atoms with van der Waals surface area (Å²) in [6, 6.07) is 8.07. The quantitative estimate of drug-likeness (QED) is 0.830. The smallest absolute Gasteiger partial charge is 0.227 e. The van der Waals surface area contributed by atoms with Gasteiger partial charge in [0, 0.05) is 37.9 Å². The highest BCUT2D eigenvalue weighted by atomic mass is 35.5. The molecule has 0 radical (unpaired) electrons. The van der Waals surface area contributed by atoms with Gasteiger partial charge in [-0.3, -0.25) is 9.69 Å². The standard InChI is InChI=1S/C16H23N3O2.2ClH/c17-14-3-1-13(2-4-14)11-16(20)19-6-5-15(12-19)18-7-9-21-10-8-18;;/h1-4,15H,5-12,17H2;2*1H. The number of nitrogen functional groups attached to an aromatic ring is 1. The average molecular weight is 362 g/mol. The summed E-state index contributed by atoms with van der Waals surface area (Å²) in [4.78, 5) is 16.8. The molecule has 0 bridgehead atoms. The fourth-order valence-corrected chi connectivity index (χ4v) is 3.13. The van der Waals surface area contributed by atoms with Crippen molar-refractivity contribution in [2.24, 2.45) is 0 Å². The predicted molar refractivity (Wildman–Crippen MR) is 96.4 cm³/mol. The molecule has 2 aliphatic heterocycles. The van der Waals surface area contributed by atoms with Crippen LogP contribution in [-0.4, -0.2) is 61.1 Å². The summed E-state index contributed by atoms with van der Waals surface area (Å²) in [7, 11) is 0. The minimum Gasteiger partial charge on any atom is -0.399 e. The second-order valence-electron chi connectivity index (χ2n) is 5.85. The molecule has 1 amide bonds. The Labute approximate surface area is 150 Å². The molecule has 0 aliphatic carbocycles. The van der Waals surface area contributed by atoms with Gasteiger partial charge in [-0.15, -0.1) is 24.8 Å². The number of nitrogens with zero attached hydrogens (tertiary/aromatic N) is 2. The lowest BCUT2D eigenvalue weighted by atomic mass is 10.1. The van der Waals surface area contributed by atoms with Gasteiger partial charge in [0.25, 0.3) is 0 Å². The van der Waals surface area contributed by atoms with E-state index < -0.39 is 0 Å². The fourth-order valence-electron chi connectivity index (χ4n) is 3.13. The second kappa shape index (κ2) is 9.33. The van der Waals surface area contributed by atoms with Crippen molar-refractivity contribution < 1.29 is 9.53 Å². The molecular formula is C16H25Cl2N3O2. The van der Waals surface area contributed by atoms with Crippen LogP contribution in [0.2, 0.25) is 0 Å². The molecule has 0 aromatic heterocycles. The van der Waals surface area contributed by atoms with Crippen LogP contribution in [0.25, 0.3) is 0 Å². The second-order valence-corrected chi connectivity index (χ2v) is 5.85. The highest BCUT2D eigenvalue weighted by Gasteiger charge is 2.30. The highest BCUT2D eigenvalue weighted by molar-refractivity contribution is 5.85. The monoisotopic (exact) mass is 361 g/mol. The molecule has 23 heavy (non-hydrogen) atoms. The minimum atomic E-state index is 0. The summed E-state index contributed by atoms with van der Waals surface area (Å²) < 4.78 is 5.39. The topological polar surface area (TPSA) is 58.8 Å². The summed E-state index contributed by atoms with van der Waals surface area (Å²) in [5, 5.41) is 0. The average Bonchev–Trinajstić information content (AvgIpc) is 3.00. The number of hydrogen-bond acceptors (Lipinski definition) is 4. The number of halogens is 2. The van der Waals surface area contributed by atoms with Gasteiger partial charge in [0.1, 0.15) is 0 Å². The van der Waals surface area contributed by atoms with Crippen LogP contribution < -0.4 is 5.73 Å². The lowest BCUT2D eigenvalue weighted by Crippen LogP contribution is -2.45. The highest BCUT2D eigenvalue weighted by Crippen LogP contribution is 2.18. The van der Waals surface area contributed by atoms with Crippen LogP contribution in [0.3, 0.4) is 0 Å². The van der Waals surface area contributed by atoms with Crippen molar-refractivity contribution in [3.8, 4) is 0 Å². The Balaban J connectivity index is 0.00000132. The summed E-state index contributed by atoms with van der Waals surface area (Å²) in [5.41, 5.74) is 7.44. The Bertz CT molecular complexity index is 493. The Morgan fingerprint density at radius 3 is 2.43 bits per heavy atom. The zero-order valence-electron chi connectivity index (χ0n) is 13.1. The van der Waals surface area contributed by atoms with Gasteiger partial charge in [0.15, 0.2) is 0 Å². The van der Waals surface area contributed by atoms with Crippen LogP contribution in [0.1, 0.15) is 12.0 Å². The lowest BCUT2D eigenvalue weighted by molar-refractivity contribution is -0.129. The van der Waals surface area contributed by atoms with Gasteiger partial charge in [0.2, 0.25) is 5.91 Å². The van der Waals surface area contributed by atoms with E-state index >= 15 is 0 Å². The Kier molecular flexibility index (Phi) is 8.12. The summed E-state index contributed by atoms with van der Waals surface area (Å²) in [5.74, 6) is 0.218. The maximum Gasteiger partial charge on any atom is 0.227 e. The Hall–Kier alpha value is -1.01. The van der Waals surface area contributed by atoms with E-state index in [2.05, 4.69) is 4.90 Å². The van der Waals surface area contributed by atoms with Gasteiger partial charge in [-0.2, -0.15) is 0 Å². The summed E-state index contributed by atoms with van der Waals surface area (Å²) >= 11 is 0. The molecule has 0 saturated carbocycles. The van der Waals surface area contributed by atoms with Gasteiger partial charge < -0.3 is 15.4 Å². The molecule has 2 fully saturated rings. The number of nitrogens with two attached hydrogens (primary N) is 1. The van der Waals surface area contributed by atoms with E-state index in [4.69, 9.17) is 10.5 Å². The molecule has 2 aliphatic rings. The van der Waals surface area contributed by atoms with E-state index in [1.54, 1.807) is 0 Å². The first-order chi connectivity index (χ1) is 10.2. The van der Waals surface area contributed by atoms with Crippen molar-refractivity contribution >= 4 is 36.4 Å². The molecule has 1 atom stereocenters. The van der Waals surface area contributed by atoms with Crippen LogP contribution in [0.4, 0.5) is 5.69 Å². The van der Waals surface area contributed by atoms with Crippen molar-refractivity contribution in [3.63, 3.8) is 0 Å². The Morgan fingerprint density at radius 1 is 1.13 bits per heavy atom. The molecule has 2 heterocycles. The molecule has 7 heteroatoms. The van der Waals surface area contributed by atoms with E-state index in [9.17, 15) is 4.79 Å². The molecular weight excluding hydrogens is 337 g/mol. The van der Waals surface area contributed by atoms with Crippen LogP contribution in [0, 0.1) is 0 Å². The van der Waals surface area contributed by atoms with E-state index in [1.165, 1.54) is 0 Å². The summed E-state index contributed by atoms with van der Waals surface area (Å²) in [6.07, 6.45) is 1.55. The van der Waals surface area contributed by atoms with E-state index in [1.807, 2.05) is 29.2 Å². The number of hydrogen-bond donors (Lipinski definition) is 1. The van der Waals surface area contributed by atoms with Crippen LogP contribution in [0.15, 0.2) is 24.3 Å². The van der Waals surface area contributed by atoms with Gasteiger partial charge in [-0.1, -0.05) is 12.1 Å². The molecule has 1 aromatic rings. The SMILES string of the molecule is Cl.Cl.Nc1ccc(CC(=O)N2CCC(N3CCOCC3)C2)cc1.